The predicted molar refractivity (Wildman–Crippen MR) is 220 cm³/mol. The van der Waals surface area contributed by atoms with Gasteiger partial charge < -0.3 is 32.7 Å². The first-order valence-electron chi connectivity index (χ1n) is 17.7. The van der Waals surface area contributed by atoms with E-state index in [1.165, 1.54) is 30.3 Å². The van der Waals surface area contributed by atoms with Crippen LogP contribution in [0.2, 0.25) is 0 Å². The maximum absolute atomic E-state index is 14.6. The van der Waals surface area contributed by atoms with E-state index in [0.29, 0.717) is 44.8 Å². The minimum absolute atomic E-state index is 0.0773. The minimum Gasteiger partial charge on any atom is -0.382 e. The number of carbonyl (C=O) groups excluding carboxylic acids is 2. The Kier molecular flexibility index (Phi) is 10.8. The number of H-pyrrole nitrogens is 2. The van der Waals surface area contributed by atoms with Gasteiger partial charge in [0.25, 0.3) is 0 Å². The van der Waals surface area contributed by atoms with Gasteiger partial charge in [-0.1, -0.05) is 48.5 Å². The van der Waals surface area contributed by atoms with Crippen LogP contribution < -0.4 is 32.7 Å². The number of fused-ring (bicyclic) bond motifs is 2. The Hall–Kier alpha value is -7.95. The summed E-state index contributed by atoms with van der Waals surface area (Å²) >= 11 is 0. The summed E-state index contributed by atoms with van der Waals surface area (Å²) < 4.78 is 66.3. The number of aromatic amines is 2. The van der Waals surface area contributed by atoms with Gasteiger partial charge in [-0.15, -0.1) is 0 Å². The molecule has 10 N–H and O–H groups in total. The lowest BCUT2D eigenvalue weighted by atomic mass is 10.0. The van der Waals surface area contributed by atoms with Gasteiger partial charge in [0, 0.05) is 17.1 Å². The van der Waals surface area contributed by atoms with E-state index in [1.807, 2.05) is 30.3 Å². The minimum atomic E-state index is -4.54. The van der Waals surface area contributed by atoms with E-state index < -0.39 is 29.6 Å². The number of nitrogens with one attached hydrogen (secondary N) is 6. The van der Waals surface area contributed by atoms with Crippen molar-refractivity contribution in [1.82, 2.24) is 20.4 Å². The Labute approximate surface area is 331 Å². The molecule has 8 aromatic rings. The Balaban J connectivity index is 0.000000180. The highest BCUT2D eigenvalue weighted by atomic mass is 19.4. The van der Waals surface area contributed by atoms with E-state index in [4.69, 9.17) is 11.5 Å². The van der Waals surface area contributed by atoms with Crippen LogP contribution in [-0.2, 0) is 6.18 Å². The van der Waals surface area contributed by atoms with E-state index in [-0.39, 0.29) is 23.0 Å². The fraction of sp³-hybridized carbons (Fsp3) is 0.0476. The third-order valence-corrected chi connectivity index (χ3v) is 9.08. The van der Waals surface area contributed by atoms with Crippen molar-refractivity contribution >= 4 is 68.3 Å². The molecule has 0 aliphatic carbocycles. The van der Waals surface area contributed by atoms with Gasteiger partial charge >= 0.3 is 18.2 Å². The number of aryl methyl sites for hydroxylation is 1. The summed E-state index contributed by atoms with van der Waals surface area (Å²) in [5, 5.41) is 25.2. The van der Waals surface area contributed by atoms with E-state index in [2.05, 4.69) is 41.7 Å². The van der Waals surface area contributed by atoms with Gasteiger partial charge in [-0.2, -0.15) is 23.4 Å². The maximum atomic E-state index is 14.6. The number of carbonyl (C=O) groups is 2. The molecule has 59 heavy (non-hydrogen) atoms. The van der Waals surface area contributed by atoms with Crippen LogP contribution in [-0.4, -0.2) is 32.5 Å². The van der Waals surface area contributed by atoms with Crippen LogP contribution in [0.3, 0.4) is 0 Å². The van der Waals surface area contributed by atoms with Crippen molar-refractivity contribution in [2.45, 2.75) is 13.1 Å². The average Bonchev–Trinajstić information content (AvgIpc) is 3.79. The molecule has 0 aliphatic rings. The molecule has 298 valence electrons. The molecule has 8 rings (SSSR count). The number of nitrogens with zero attached hydrogens (tertiary/aromatic N) is 2. The van der Waals surface area contributed by atoms with Gasteiger partial charge in [-0.25, -0.2) is 18.4 Å². The van der Waals surface area contributed by atoms with Crippen molar-refractivity contribution in [3.05, 3.63) is 144 Å². The number of rotatable bonds is 6. The summed E-state index contributed by atoms with van der Waals surface area (Å²) in [5.41, 5.74) is 17.0. The lowest BCUT2D eigenvalue weighted by Gasteiger charge is -2.12. The third-order valence-electron chi connectivity index (χ3n) is 9.08. The highest BCUT2D eigenvalue weighted by molar-refractivity contribution is 6.04. The summed E-state index contributed by atoms with van der Waals surface area (Å²) in [7, 11) is 0. The Bertz CT molecular complexity index is 2840. The quantitative estimate of drug-likeness (QED) is 0.0771. The number of hydrogen-bond acceptors (Lipinski definition) is 6. The van der Waals surface area contributed by atoms with Crippen LogP contribution in [0, 0.1) is 18.6 Å². The van der Waals surface area contributed by atoms with Crippen molar-refractivity contribution in [2.75, 3.05) is 32.7 Å². The summed E-state index contributed by atoms with van der Waals surface area (Å²) in [6.07, 6.45) is -4.54. The van der Waals surface area contributed by atoms with Crippen LogP contribution in [0.5, 0.6) is 0 Å². The van der Waals surface area contributed by atoms with Gasteiger partial charge in [0.1, 0.15) is 11.6 Å². The lowest BCUT2D eigenvalue weighted by Crippen LogP contribution is -2.20. The molecule has 12 nitrogen and oxygen atoms in total. The number of amides is 4. The first-order chi connectivity index (χ1) is 28.2. The van der Waals surface area contributed by atoms with Gasteiger partial charge in [-0.3, -0.25) is 10.2 Å². The van der Waals surface area contributed by atoms with Crippen LogP contribution >= 0.6 is 0 Å². The zero-order valence-corrected chi connectivity index (χ0v) is 30.8. The van der Waals surface area contributed by atoms with E-state index in [9.17, 15) is 31.5 Å². The largest absolute Gasteiger partial charge is 0.416 e. The monoisotopic (exact) mass is 804 g/mol. The number of halogens is 5. The number of aromatic nitrogens is 4. The molecule has 0 unspecified atom stereocenters. The van der Waals surface area contributed by atoms with Gasteiger partial charge in [-0.05, 0) is 108 Å². The third kappa shape index (κ3) is 8.88. The molecule has 6 aromatic carbocycles. The number of nitrogen functional groups attached to an aromatic ring is 2. The average molecular weight is 805 g/mol. The predicted octanol–water partition coefficient (Wildman–Crippen LogP) is 10.5. The molecule has 2 aromatic heterocycles. The highest BCUT2D eigenvalue weighted by Gasteiger charge is 2.30. The second-order valence-electron chi connectivity index (χ2n) is 13.1. The number of alkyl halides is 3. The standard InChI is InChI=1S/C21H15F4N5O.C21H18FN5O/c22-15-9-11(14-5-2-6-17-18(14)19(26)30-29-17)7-8-16(15)28-20(31)27-13-4-1-3-12(10-13)21(23,24)25;1-12-11-15(9-10-17(12)22)25-21(28)24-14-7-5-13(6-8-14)16-3-2-4-18-19(16)20(23)27-26-18/h1-10H,(H3,26,29,30)(H2,27,28,31);2-11H,1H3,(H3,23,26,27)(H2,24,25,28). The molecule has 17 heteroatoms. The Morgan fingerprint density at radius 2 is 1.10 bits per heavy atom. The molecule has 4 amide bonds. The molecule has 0 atom stereocenters. The van der Waals surface area contributed by atoms with Gasteiger partial charge in [0.15, 0.2) is 11.6 Å². The summed E-state index contributed by atoms with van der Waals surface area (Å²) in [5.74, 6) is -0.318. The number of benzene rings is 6. The molecule has 2 heterocycles. The molecular formula is C42H33F5N10O2. The van der Waals surface area contributed by atoms with E-state index in [0.717, 1.165) is 40.2 Å². The first-order valence-corrected chi connectivity index (χ1v) is 17.7. The molecule has 0 saturated heterocycles. The van der Waals surface area contributed by atoms with Crippen molar-refractivity contribution in [3.63, 3.8) is 0 Å². The number of hydrogen-bond donors (Lipinski definition) is 8. The van der Waals surface area contributed by atoms with Crippen molar-refractivity contribution < 1.29 is 31.5 Å². The number of nitrogens with two attached hydrogens (primary N) is 2. The molecule has 0 radical (unpaired) electrons. The van der Waals surface area contributed by atoms with Gasteiger partial charge in [0.05, 0.1) is 33.1 Å². The lowest BCUT2D eigenvalue weighted by molar-refractivity contribution is -0.137. The van der Waals surface area contributed by atoms with Crippen molar-refractivity contribution in [3.8, 4) is 22.3 Å². The van der Waals surface area contributed by atoms with Crippen LogP contribution in [0.4, 0.5) is 65.9 Å². The molecule has 0 bridgehead atoms. The molecule has 0 fully saturated rings. The van der Waals surface area contributed by atoms with E-state index in [1.54, 1.807) is 49.4 Å². The zero-order valence-electron chi connectivity index (χ0n) is 30.8. The molecule has 0 aliphatic heterocycles. The topological polar surface area (TPSA) is 192 Å². The SMILES string of the molecule is Cc1cc(NC(=O)Nc2ccc(-c3cccc4[nH]nc(N)c34)cc2)ccc1F.Nc1n[nH]c2cccc(-c3ccc(NC(=O)Nc4cccc(C(F)(F)F)c4)c(F)c3)c12. The summed E-state index contributed by atoms with van der Waals surface area (Å²) in [4.78, 5) is 24.3. The molecular weight excluding hydrogens is 772 g/mol. The fourth-order valence-electron chi connectivity index (χ4n) is 6.27. The Morgan fingerprint density at radius 1 is 0.576 bits per heavy atom. The maximum Gasteiger partial charge on any atom is 0.416 e. The normalized spacial score (nSPS) is 11.2. The smallest absolute Gasteiger partial charge is 0.382 e. The fourth-order valence-corrected chi connectivity index (χ4v) is 6.27. The molecule has 0 spiro atoms. The van der Waals surface area contributed by atoms with Crippen molar-refractivity contribution in [2.24, 2.45) is 0 Å². The van der Waals surface area contributed by atoms with Crippen molar-refractivity contribution in [1.29, 1.82) is 0 Å². The zero-order chi connectivity index (χ0) is 41.8. The Morgan fingerprint density at radius 3 is 1.69 bits per heavy atom. The van der Waals surface area contributed by atoms with Crippen LogP contribution in [0.1, 0.15) is 11.1 Å². The molecule has 0 saturated carbocycles. The second kappa shape index (κ2) is 16.3. The summed E-state index contributed by atoms with van der Waals surface area (Å²) in [6, 6.07) is 30.0. The first kappa shape index (κ1) is 39.3. The highest BCUT2D eigenvalue weighted by Crippen LogP contribution is 2.34. The van der Waals surface area contributed by atoms with Crippen LogP contribution in [0.25, 0.3) is 44.1 Å². The van der Waals surface area contributed by atoms with E-state index >= 15 is 0 Å². The second-order valence-corrected chi connectivity index (χ2v) is 13.1. The van der Waals surface area contributed by atoms with Crippen LogP contribution in [0.15, 0.2) is 121 Å². The number of urea groups is 2. The summed E-state index contributed by atoms with van der Waals surface area (Å²) in [6.45, 7) is 1.64. The van der Waals surface area contributed by atoms with Gasteiger partial charge in [0.2, 0.25) is 0 Å². The number of anilines is 6.